The average Bonchev–Trinajstić information content (AvgIpc) is 3.38. The van der Waals surface area contributed by atoms with E-state index in [4.69, 9.17) is 4.98 Å². The van der Waals surface area contributed by atoms with E-state index >= 15 is 0 Å². The topological polar surface area (TPSA) is 70.4 Å². The fourth-order valence-corrected chi connectivity index (χ4v) is 4.69. The quantitative estimate of drug-likeness (QED) is 0.644. The summed E-state index contributed by atoms with van der Waals surface area (Å²) in [4.78, 5) is 19.7. The van der Waals surface area contributed by atoms with Crippen molar-refractivity contribution in [3.05, 3.63) is 65.7 Å². The van der Waals surface area contributed by atoms with Crippen LogP contribution in [0, 0.1) is 18.7 Å². The molecule has 2 N–H and O–H groups in total. The van der Waals surface area contributed by atoms with Crippen LogP contribution in [0.15, 0.2) is 48.5 Å². The second-order valence-electron chi connectivity index (χ2n) is 8.74. The maximum absolute atomic E-state index is 13.5. The molecule has 6 nitrogen and oxygen atoms in total. The minimum Gasteiger partial charge on any atom is -0.392 e. The van der Waals surface area contributed by atoms with Crippen LogP contribution < -0.4 is 5.32 Å². The fourth-order valence-electron chi connectivity index (χ4n) is 4.69. The third-order valence-corrected chi connectivity index (χ3v) is 6.51. The molecule has 32 heavy (non-hydrogen) atoms. The second kappa shape index (κ2) is 8.39. The Balaban J connectivity index is 1.49. The molecule has 1 aliphatic carbocycles. The van der Waals surface area contributed by atoms with Gasteiger partial charge in [0.25, 0.3) is 0 Å². The van der Waals surface area contributed by atoms with Gasteiger partial charge >= 0.3 is 0 Å². The highest BCUT2D eigenvalue weighted by atomic mass is 19.1. The van der Waals surface area contributed by atoms with Crippen LogP contribution in [0.1, 0.15) is 30.7 Å². The zero-order valence-electron chi connectivity index (χ0n) is 18.1. The van der Waals surface area contributed by atoms with Gasteiger partial charge in [-0.2, -0.15) is 0 Å². The monoisotopic (exact) mass is 434 g/mol. The molecule has 2 aliphatic rings. The number of benzene rings is 2. The van der Waals surface area contributed by atoms with Crippen LogP contribution in [-0.4, -0.2) is 38.1 Å². The number of hydrogen-bond acceptors (Lipinski definition) is 4. The molecule has 5 rings (SSSR count). The van der Waals surface area contributed by atoms with Gasteiger partial charge in [-0.05, 0) is 62.6 Å². The third kappa shape index (κ3) is 3.88. The van der Waals surface area contributed by atoms with Crippen molar-refractivity contribution in [2.75, 3.05) is 11.9 Å². The van der Waals surface area contributed by atoms with Gasteiger partial charge in [0.1, 0.15) is 23.2 Å². The predicted molar refractivity (Wildman–Crippen MR) is 121 cm³/mol. The lowest BCUT2D eigenvalue weighted by atomic mass is 10.0. The summed E-state index contributed by atoms with van der Waals surface area (Å²) in [6.07, 6.45) is 1.78. The fraction of sp³-hybridized carbons (Fsp3) is 0.360. The standard InChI is InChI=1S/C25H27FN4O2/c1-16-5-11-19(12-6-16)27-24-23(17-7-9-18(26)10-8-17)28-22-15-29(13-14-30(22)24)25(32)20-3-2-4-21(20)31/h5-12,20-21,27,31H,2-4,13-15H2,1H3. The minimum absolute atomic E-state index is 0.0145. The van der Waals surface area contributed by atoms with Crippen molar-refractivity contribution in [3.8, 4) is 11.3 Å². The number of aromatic nitrogens is 2. The number of aliphatic hydroxyl groups is 1. The number of nitrogens with one attached hydrogen (secondary N) is 1. The molecule has 0 radical (unpaired) electrons. The summed E-state index contributed by atoms with van der Waals surface area (Å²) in [5, 5.41) is 13.7. The van der Waals surface area contributed by atoms with Gasteiger partial charge in [0, 0.05) is 24.3 Å². The molecular formula is C25H27FN4O2. The van der Waals surface area contributed by atoms with Crippen LogP contribution in [0.5, 0.6) is 0 Å². The molecule has 2 unspecified atom stereocenters. The molecule has 7 heteroatoms. The summed E-state index contributed by atoms with van der Waals surface area (Å²) in [5.74, 6) is 1.03. The average molecular weight is 435 g/mol. The number of rotatable bonds is 4. The van der Waals surface area contributed by atoms with E-state index in [9.17, 15) is 14.3 Å². The molecule has 0 spiro atoms. The van der Waals surface area contributed by atoms with Gasteiger partial charge < -0.3 is 19.9 Å². The Bertz CT molecular complexity index is 1120. The number of amides is 1. The van der Waals surface area contributed by atoms with Gasteiger partial charge in [-0.3, -0.25) is 4.79 Å². The second-order valence-corrected chi connectivity index (χ2v) is 8.74. The van der Waals surface area contributed by atoms with Crippen molar-refractivity contribution >= 4 is 17.4 Å². The summed E-state index contributed by atoms with van der Waals surface area (Å²) in [6, 6.07) is 14.4. The number of aliphatic hydroxyl groups excluding tert-OH is 1. The van der Waals surface area contributed by atoms with E-state index in [0.29, 0.717) is 26.1 Å². The van der Waals surface area contributed by atoms with E-state index in [2.05, 4.69) is 9.88 Å². The number of halogens is 1. The number of nitrogens with zero attached hydrogens (tertiary/aromatic N) is 3. The molecule has 1 amide bonds. The normalized spacial score (nSPS) is 20.3. The number of imidazole rings is 1. The van der Waals surface area contributed by atoms with E-state index in [-0.39, 0.29) is 17.6 Å². The molecule has 166 valence electrons. The summed E-state index contributed by atoms with van der Waals surface area (Å²) in [5.41, 5.74) is 3.66. The van der Waals surface area contributed by atoms with Crippen molar-refractivity contribution in [1.29, 1.82) is 0 Å². The van der Waals surface area contributed by atoms with E-state index in [1.807, 2.05) is 36.1 Å². The Morgan fingerprint density at radius 3 is 2.53 bits per heavy atom. The zero-order chi connectivity index (χ0) is 22.2. The zero-order valence-corrected chi connectivity index (χ0v) is 18.1. The first-order chi connectivity index (χ1) is 15.5. The highest BCUT2D eigenvalue weighted by Gasteiger charge is 2.36. The number of fused-ring (bicyclic) bond motifs is 1. The van der Waals surface area contributed by atoms with Gasteiger partial charge in [-0.25, -0.2) is 9.37 Å². The van der Waals surface area contributed by atoms with Crippen molar-refractivity contribution in [1.82, 2.24) is 14.5 Å². The number of aryl methyl sites for hydroxylation is 1. The summed E-state index contributed by atoms with van der Waals surface area (Å²) in [6.45, 7) is 3.61. The summed E-state index contributed by atoms with van der Waals surface area (Å²) in [7, 11) is 0. The molecule has 0 saturated heterocycles. The van der Waals surface area contributed by atoms with Crippen LogP contribution in [0.25, 0.3) is 11.3 Å². The number of anilines is 2. The Kier molecular flexibility index (Phi) is 5.43. The van der Waals surface area contributed by atoms with Crippen molar-refractivity contribution in [3.63, 3.8) is 0 Å². The van der Waals surface area contributed by atoms with E-state index < -0.39 is 6.10 Å². The Hall–Kier alpha value is -3.19. The molecule has 0 bridgehead atoms. The Morgan fingerprint density at radius 2 is 1.84 bits per heavy atom. The van der Waals surface area contributed by atoms with Gasteiger partial charge in [0.15, 0.2) is 0 Å². The maximum Gasteiger partial charge on any atom is 0.228 e. The number of hydrogen-bond donors (Lipinski definition) is 2. The van der Waals surface area contributed by atoms with Gasteiger partial charge in [-0.1, -0.05) is 17.7 Å². The largest absolute Gasteiger partial charge is 0.392 e. The number of carbonyl (C=O) groups is 1. The van der Waals surface area contributed by atoms with E-state index in [1.54, 1.807) is 12.1 Å². The molecule has 3 aromatic rings. The molecule has 1 aliphatic heterocycles. The molecule has 2 atom stereocenters. The molecule has 2 aromatic carbocycles. The first-order valence-corrected chi connectivity index (χ1v) is 11.2. The minimum atomic E-state index is -0.544. The van der Waals surface area contributed by atoms with Gasteiger partial charge in [0.05, 0.1) is 18.6 Å². The highest BCUT2D eigenvalue weighted by Crippen LogP contribution is 2.34. The summed E-state index contributed by atoms with van der Waals surface area (Å²) < 4.78 is 15.6. The van der Waals surface area contributed by atoms with Crippen LogP contribution in [-0.2, 0) is 17.9 Å². The molecule has 1 fully saturated rings. The number of carbonyl (C=O) groups excluding carboxylic acids is 1. The van der Waals surface area contributed by atoms with Crippen LogP contribution in [0.4, 0.5) is 15.9 Å². The van der Waals surface area contributed by atoms with Crippen molar-refractivity contribution < 1.29 is 14.3 Å². The predicted octanol–water partition coefficient (Wildman–Crippen LogP) is 4.24. The third-order valence-electron chi connectivity index (χ3n) is 6.51. The van der Waals surface area contributed by atoms with Crippen LogP contribution >= 0.6 is 0 Å². The van der Waals surface area contributed by atoms with Crippen molar-refractivity contribution in [2.24, 2.45) is 5.92 Å². The summed E-state index contributed by atoms with van der Waals surface area (Å²) >= 11 is 0. The first-order valence-electron chi connectivity index (χ1n) is 11.2. The molecule has 1 aromatic heterocycles. The molecule has 2 heterocycles. The van der Waals surface area contributed by atoms with Crippen molar-refractivity contribution in [2.45, 2.75) is 45.4 Å². The lowest BCUT2D eigenvalue weighted by molar-refractivity contribution is -0.139. The first kappa shape index (κ1) is 20.7. The Morgan fingerprint density at radius 1 is 1.09 bits per heavy atom. The van der Waals surface area contributed by atoms with E-state index in [1.165, 1.54) is 17.7 Å². The van der Waals surface area contributed by atoms with Gasteiger partial charge in [0.2, 0.25) is 5.91 Å². The SMILES string of the molecule is Cc1ccc(Nc2c(-c3ccc(F)cc3)nc3n2CCN(C(=O)C2CCCC2O)C3)cc1. The lowest BCUT2D eigenvalue weighted by Crippen LogP contribution is -2.43. The smallest absolute Gasteiger partial charge is 0.228 e. The van der Waals surface area contributed by atoms with Crippen LogP contribution in [0.3, 0.4) is 0 Å². The molecule has 1 saturated carbocycles. The maximum atomic E-state index is 13.5. The Labute approximate surface area is 186 Å². The van der Waals surface area contributed by atoms with Gasteiger partial charge in [-0.15, -0.1) is 0 Å². The van der Waals surface area contributed by atoms with E-state index in [0.717, 1.165) is 41.4 Å². The lowest BCUT2D eigenvalue weighted by Gasteiger charge is -2.31. The highest BCUT2D eigenvalue weighted by molar-refractivity contribution is 5.80. The van der Waals surface area contributed by atoms with Crippen LogP contribution in [0.2, 0.25) is 0 Å². The molecular weight excluding hydrogens is 407 g/mol.